The second-order valence-electron chi connectivity index (χ2n) is 10.1. The molecule has 9 heteroatoms. The molecule has 182 valence electrons. The van der Waals surface area contributed by atoms with Gasteiger partial charge in [-0.3, -0.25) is 14.2 Å². The lowest BCUT2D eigenvalue weighted by atomic mass is 10.0. The van der Waals surface area contributed by atoms with Crippen LogP contribution in [0.15, 0.2) is 29.3 Å². The van der Waals surface area contributed by atoms with Crippen LogP contribution < -0.4 is 21.1 Å². The third-order valence-electron chi connectivity index (χ3n) is 7.92. The Morgan fingerprint density at radius 3 is 2.43 bits per heavy atom. The topological polar surface area (TPSA) is 105 Å². The number of hydrogen-bond acceptors (Lipinski definition) is 8. The number of nitrogens with zero attached hydrogens (tertiary/aromatic N) is 5. The summed E-state index contributed by atoms with van der Waals surface area (Å²) in [6.45, 7) is 5.30. The van der Waals surface area contributed by atoms with Gasteiger partial charge in [0.05, 0.1) is 17.4 Å². The van der Waals surface area contributed by atoms with E-state index in [0.717, 1.165) is 49.8 Å². The molecule has 2 bridgehead atoms. The highest BCUT2D eigenvalue weighted by molar-refractivity contribution is 5.99. The van der Waals surface area contributed by atoms with Crippen molar-refractivity contribution in [2.45, 2.75) is 70.5 Å². The summed E-state index contributed by atoms with van der Waals surface area (Å²) in [5.41, 5.74) is 2.37. The Bertz CT molecular complexity index is 1330. The minimum atomic E-state index is -0.243. The number of anilines is 3. The first kappa shape index (κ1) is 22.2. The van der Waals surface area contributed by atoms with Crippen LogP contribution in [0, 0.1) is 6.92 Å². The predicted molar refractivity (Wildman–Crippen MR) is 136 cm³/mol. The van der Waals surface area contributed by atoms with Crippen LogP contribution in [0.2, 0.25) is 0 Å². The first-order valence-corrected chi connectivity index (χ1v) is 12.7. The molecule has 2 saturated heterocycles. The van der Waals surface area contributed by atoms with Gasteiger partial charge < -0.3 is 15.5 Å². The first-order chi connectivity index (χ1) is 17.0. The molecule has 3 aromatic heterocycles. The molecule has 0 amide bonds. The number of ketones is 1. The number of Topliss-reactive ketones (excluding diaryl/α,β-unsaturated/α-hetero) is 1. The van der Waals surface area contributed by atoms with Crippen molar-refractivity contribution in [3.63, 3.8) is 0 Å². The fourth-order valence-electron chi connectivity index (χ4n) is 6.24. The molecule has 0 aromatic carbocycles. The summed E-state index contributed by atoms with van der Waals surface area (Å²) < 4.78 is 1.73. The van der Waals surface area contributed by atoms with Crippen LogP contribution in [0.3, 0.4) is 0 Å². The van der Waals surface area contributed by atoms with Gasteiger partial charge in [0.15, 0.2) is 5.78 Å². The zero-order valence-electron chi connectivity index (χ0n) is 20.3. The number of hydrogen-bond donors (Lipinski definition) is 2. The Balaban J connectivity index is 1.34. The molecule has 2 aliphatic heterocycles. The van der Waals surface area contributed by atoms with Gasteiger partial charge in [-0.2, -0.15) is 4.98 Å². The quantitative estimate of drug-likeness (QED) is 0.543. The molecule has 2 atom stereocenters. The molecule has 3 aliphatic rings. The summed E-state index contributed by atoms with van der Waals surface area (Å²) in [5, 5.41) is 7.47. The van der Waals surface area contributed by atoms with E-state index in [4.69, 9.17) is 4.98 Å². The monoisotopic (exact) mass is 473 g/mol. The lowest BCUT2D eigenvalue weighted by Crippen LogP contribution is -2.52. The maximum absolute atomic E-state index is 13.4. The van der Waals surface area contributed by atoms with Crippen molar-refractivity contribution in [2.75, 3.05) is 23.3 Å². The van der Waals surface area contributed by atoms with Gasteiger partial charge in [0.25, 0.3) is 5.56 Å². The smallest absolute Gasteiger partial charge is 0.263 e. The molecule has 3 fully saturated rings. The van der Waals surface area contributed by atoms with Gasteiger partial charge in [0, 0.05) is 42.8 Å². The van der Waals surface area contributed by atoms with Crippen LogP contribution in [0.1, 0.15) is 67.4 Å². The van der Waals surface area contributed by atoms with Crippen LogP contribution in [0.4, 0.5) is 17.5 Å². The van der Waals surface area contributed by atoms with E-state index in [1.54, 1.807) is 17.7 Å². The Kier molecular flexibility index (Phi) is 5.51. The van der Waals surface area contributed by atoms with Crippen molar-refractivity contribution in [3.8, 4) is 0 Å². The van der Waals surface area contributed by atoms with Gasteiger partial charge in [-0.25, -0.2) is 9.97 Å². The van der Waals surface area contributed by atoms with Crippen LogP contribution in [0.25, 0.3) is 11.0 Å². The van der Waals surface area contributed by atoms with E-state index >= 15 is 0 Å². The molecule has 0 spiro atoms. The van der Waals surface area contributed by atoms with Gasteiger partial charge in [0.1, 0.15) is 11.5 Å². The largest absolute Gasteiger partial charge is 0.362 e. The highest BCUT2D eigenvalue weighted by Crippen LogP contribution is 2.33. The van der Waals surface area contributed by atoms with Crippen molar-refractivity contribution in [3.05, 3.63) is 46.0 Å². The van der Waals surface area contributed by atoms with Crippen LogP contribution >= 0.6 is 0 Å². The maximum atomic E-state index is 13.4. The highest BCUT2D eigenvalue weighted by atomic mass is 16.1. The van der Waals surface area contributed by atoms with Crippen molar-refractivity contribution in [1.29, 1.82) is 0 Å². The summed E-state index contributed by atoms with van der Waals surface area (Å²) in [6.07, 6.45) is 10.0. The zero-order chi connectivity index (χ0) is 24.1. The van der Waals surface area contributed by atoms with E-state index in [-0.39, 0.29) is 22.9 Å². The molecule has 2 N–H and O–H groups in total. The van der Waals surface area contributed by atoms with E-state index in [9.17, 15) is 9.59 Å². The molecule has 1 aliphatic carbocycles. The van der Waals surface area contributed by atoms with Crippen LogP contribution in [0.5, 0.6) is 0 Å². The summed E-state index contributed by atoms with van der Waals surface area (Å²) in [5.74, 6) is 0.828. The fraction of sp³-hybridized carbons (Fsp3) is 0.500. The predicted octanol–water partition coefficient (Wildman–Crippen LogP) is 3.50. The molecule has 35 heavy (non-hydrogen) atoms. The number of rotatable bonds is 5. The van der Waals surface area contributed by atoms with Gasteiger partial charge in [-0.15, -0.1) is 0 Å². The molecule has 1 saturated carbocycles. The lowest BCUT2D eigenvalue weighted by Gasteiger charge is -2.37. The number of fused-ring (bicyclic) bond motifs is 3. The molecule has 2 unspecified atom stereocenters. The van der Waals surface area contributed by atoms with Crippen molar-refractivity contribution >= 4 is 34.3 Å². The normalized spacial score (nSPS) is 22.2. The van der Waals surface area contributed by atoms with E-state index in [1.807, 2.05) is 12.3 Å². The molecule has 3 aromatic rings. The number of pyridine rings is 2. The Labute approximate surface area is 204 Å². The maximum Gasteiger partial charge on any atom is 0.263 e. The molecule has 0 radical (unpaired) electrons. The van der Waals surface area contributed by atoms with E-state index in [0.29, 0.717) is 35.1 Å². The molecule has 9 nitrogen and oxygen atoms in total. The Morgan fingerprint density at radius 1 is 1.03 bits per heavy atom. The van der Waals surface area contributed by atoms with Gasteiger partial charge in [-0.05, 0) is 57.2 Å². The average Bonchev–Trinajstić information content (AvgIpc) is 3.45. The highest BCUT2D eigenvalue weighted by Gasteiger charge is 2.36. The number of aryl methyl sites for hydroxylation is 1. The summed E-state index contributed by atoms with van der Waals surface area (Å²) in [4.78, 5) is 42.1. The molecular formula is C26H31N7O2. The molecule has 6 rings (SSSR count). The minimum absolute atomic E-state index is 0.0539. The van der Waals surface area contributed by atoms with Gasteiger partial charge >= 0.3 is 0 Å². The minimum Gasteiger partial charge on any atom is -0.362 e. The van der Waals surface area contributed by atoms with E-state index in [2.05, 4.69) is 31.6 Å². The number of piperazine rings is 1. The number of nitrogens with one attached hydrogen (secondary N) is 2. The summed E-state index contributed by atoms with van der Waals surface area (Å²) in [6, 6.07) is 5.18. The second-order valence-corrected chi connectivity index (χ2v) is 10.1. The third-order valence-corrected chi connectivity index (χ3v) is 7.92. The standard InChI is InChI=1S/C26H31N7O2/c1-15-21-14-29-26(31-24(21)33(17-5-3-4-6-17)25(35)23(15)16(2)34)30-22-10-9-20(13-28-22)32-18-7-8-19(32)12-27-11-18/h9-10,13-14,17-19,27H,3-8,11-12H2,1-2H3,(H,28,29,30,31). The fourth-order valence-corrected chi connectivity index (χ4v) is 6.24. The van der Waals surface area contributed by atoms with Crippen LogP contribution in [-0.2, 0) is 0 Å². The van der Waals surface area contributed by atoms with Crippen molar-refractivity contribution in [2.24, 2.45) is 0 Å². The van der Waals surface area contributed by atoms with Crippen molar-refractivity contribution < 1.29 is 4.79 Å². The van der Waals surface area contributed by atoms with E-state index < -0.39 is 0 Å². The Morgan fingerprint density at radius 2 is 1.77 bits per heavy atom. The number of carbonyl (C=O) groups is 1. The lowest BCUT2D eigenvalue weighted by molar-refractivity contribution is 0.101. The third kappa shape index (κ3) is 3.78. The molecular weight excluding hydrogens is 442 g/mol. The average molecular weight is 474 g/mol. The van der Waals surface area contributed by atoms with Gasteiger partial charge in [0.2, 0.25) is 5.95 Å². The number of carbonyl (C=O) groups excluding carboxylic acids is 1. The van der Waals surface area contributed by atoms with E-state index in [1.165, 1.54) is 19.8 Å². The summed E-state index contributed by atoms with van der Waals surface area (Å²) >= 11 is 0. The SMILES string of the molecule is CC(=O)c1c(C)c2cnc(Nc3ccc(N4C5CCC4CNC5)cn3)nc2n(C2CCCC2)c1=O. The molecule has 5 heterocycles. The summed E-state index contributed by atoms with van der Waals surface area (Å²) in [7, 11) is 0. The van der Waals surface area contributed by atoms with Gasteiger partial charge in [-0.1, -0.05) is 12.8 Å². The second kappa shape index (κ2) is 8.71. The Hall–Kier alpha value is -3.33. The first-order valence-electron chi connectivity index (χ1n) is 12.7. The van der Waals surface area contributed by atoms with Crippen LogP contribution in [-0.4, -0.2) is 50.5 Å². The van der Waals surface area contributed by atoms with Crippen molar-refractivity contribution in [1.82, 2.24) is 24.8 Å². The zero-order valence-corrected chi connectivity index (χ0v) is 20.3. The number of aromatic nitrogens is 4.